The Bertz CT molecular complexity index is 474. The van der Waals surface area contributed by atoms with Gasteiger partial charge in [0.25, 0.3) is 0 Å². The molecule has 112 valence electrons. The third-order valence-electron chi connectivity index (χ3n) is 2.82. The van der Waals surface area contributed by atoms with Gasteiger partial charge in [0.15, 0.2) is 0 Å². The fourth-order valence-corrected chi connectivity index (χ4v) is 1.93. The molecule has 6 nitrogen and oxygen atoms in total. The SMILES string of the molecule is CC(C)(C)CC(CN)C(=O)NCc1ccc(C(=O)O)o1. The van der Waals surface area contributed by atoms with Gasteiger partial charge in [-0.1, -0.05) is 20.8 Å². The van der Waals surface area contributed by atoms with E-state index < -0.39 is 5.97 Å². The largest absolute Gasteiger partial charge is 0.475 e. The molecule has 1 rings (SSSR count). The standard InChI is InChI=1S/C14H22N2O4/c1-14(2,3)6-9(7-15)12(17)16-8-10-4-5-11(20-10)13(18)19/h4-5,9H,6-8,15H2,1-3H3,(H,16,17)(H,18,19). The predicted molar refractivity (Wildman–Crippen MR) is 74.1 cm³/mol. The van der Waals surface area contributed by atoms with Crippen LogP contribution in [0.1, 0.15) is 43.5 Å². The van der Waals surface area contributed by atoms with Crippen LogP contribution in [0, 0.1) is 11.3 Å². The van der Waals surface area contributed by atoms with Gasteiger partial charge < -0.3 is 20.6 Å². The number of rotatable bonds is 6. The third-order valence-corrected chi connectivity index (χ3v) is 2.82. The van der Waals surface area contributed by atoms with E-state index >= 15 is 0 Å². The van der Waals surface area contributed by atoms with Crippen LogP contribution in [0.25, 0.3) is 0 Å². The van der Waals surface area contributed by atoms with Crippen molar-refractivity contribution < 1.29 is 19.1 Å². The number of amides is 1. The van der Waals surface area contributed by atoms with Crippen molar-refractivity contribution in [2.75, 3.05) is 6.54 Å². The van der Waals surface area contributed by atoms with Crippen LogP contribution >= 0.6 is 0 Å². The summed E-state index contributed by atoms with van der Waals surface area (Å²) in [5, 5.41) is 11.5. The van der Waals surface area contributed by atoms with Crippen LogP contribution in [-0.2, 0) is 11.3 Å². The molecule has 0 aliphatic heterocycles. The molecule has 1 atom stereocenters. The maximum atomic E-state index is 12.0. The van der Waals surface area contributed by atoms with Crippen LogP contribution in [0.4, 0.5) is 0 Å². The molecule has 4 N–H and O–H groups in total. The molecule has 0 aliphatic carbocycles. The Hall–Kier alpha value is -1.82. The van der Waals surface area contributed by atoms with Crippen LogP contribution in [0.5, 0.6) is 0 Å². The number of hydrogen-bond acceptors (Lipinski definition) is 4. The first-order valence-corrected chi connectivity index (χ1v) is 6.52. The molecule has 0 aromatic carbocycles. The first-order chi connectivity index (χ1) is 9.23. The summed E-state index contributed by atoms with van der Waals surface area (Å²) in [6.45, 7) is 6.59. The summed E-state index contributed by atoms with van der Waals surface area (Å²) in [6, 6.07) is 2.89. The smallest absolute Gasteiger partial charge is 0.371 e. The quantitative estimate of drug-likeness (QED) is 0.735. The zero-order valence-corrected chi connectivity index (χ0v) is 12.1. The highest BCUT2D eigenvalue weighted by atomic mass is 16.4. The van der Waals surface area contributed by atoms with Gasteiger partial charge in [0, 0.05) is 6.54 Å². The highest BCUT2D eigenvalue weighted by Gasteiger charge is 2.23. The van der Waals surface area contributed by atoms with Crippen molar-refractivity contribution in [3.63, 3.8) is 0 Å². The van der Waals surface area contributed by atoms with E-state index in [-0.39, 0.29) is 36.1 Å². The minimum absolute atomic E-state index is 0.0164. The number of aromatic carboxylic acids is 1. The van der Waals surface area contributed by atoms with Gasteiger partial charge in [0.05, 0.1) is 12.5 Å². The Morgan fingerprint density at radius 1 is 1.40 bits per heavy atom. The predicted octanol–water partition coefficient (Wildman–Crippen LogP) is 1.61. The van der Waals surface area contributed by atoms with Crippen LogP contribution in [-0.4, -0.2) is 23.5 Å². The van der Waals surface area contributed by atoms with Crippen LogP contribution in [0.3, 0.4) is 0 Å². The fourth-order valence-electron chi connectivity index (χ4n) is 1.93. The van der Waals surface area contributed by atoms with Gasteiger partial charge >= 0.3 is 5.97 Å². The van der Waals surface area contributed by atoms with Crippen molar-refractivity contribution in [3.05, 3.63) is 23.7 Å². The molecular formula is C14H22N2O4. The first kappa shape index (κ1) is 16.2. The van der Waals surface area contributed by atoms with Gasteiger partial charge in [-0.2, -0.15) is 0 Å². The maximum absolute atomic E-state index is 12.0. The lowest BCUT2D eigenvalue weighted by molar-refractivity contribution is -0.125. The first-order valence-electron chi connectivity index (χ1n) is 6.52. The van der Waals surface area contributed by atoms with Crippen molar-refractivity contribution >= 4 is 11.9 Å². The van der Waals surface area contributed by atoms with Crippen LogP contribution in [0.15, 0.2) is 16.5 Å². The minimum Gasteiger partial charge on any atom is -0.475 e. The maximum Gasteiger partial charge on any atom is 0.371 e. The normalized spacial score (nSPS) is 13.0. The second-order valence-corrected chi connectivity index (χ2v) is 5.99. The second kappa shape index (κ2) is 6.56. The van der Waals surface area contributed by atoms with Crippen molar-refractivity contribution in [2.45, 2.75) is 33.7 Å². The van der Waals surface area contributed by atoms with E-state index in [2.05, 4.69) is 26.1 Å². The summed E-state index contributed by atoms with van der Waals surface area (Å²) < 4.78 is 5.06. The number of furan rings is 1. The lowest BCUT2D eigenvalue weighted by Gasteiger charge is -2.24. The van der Waals surface area contributed by atoms with E-state index in [9.17, 15) is 9.59 Å². The van der Waals surface area contributed by atoms with Crippen LogP contribution in [0.2, 0.25) is 0 Å². The van der Waals surface area contributed by atoms with E-state index in [4.69, 9.17) is 15.3 Å². The lowest BCUT2D eigenvalue weighted by atomic mass is 9.84. The average molecular weight is 282 g/mol. The molecular weight excluding hydrogens is 260 g/mol. The Morgan fingerprint density at radius 2 is 2.05 bits per heavy atom. The zero-order chi connectivity index (χ0) is 15.3. The van der Waals surface area contributed by atoms with Crippen LogP contribution < -0.4 is 11.1 Å². The number of carboxylic acid groups (broad SMARTS) is 1. The summed E-state index contributed by atoms with van der Waals surface area (Å²) in [7, 11) is 0. The highest BCUT2D eigenvalue weighted by Crippen LogP contribution is 2.24. The molecule has 0 spiro atoms. The van der Waals surface area contributed by atoms with Crippen molar-refractivity contribution in [1.29, 1.82) is 0 Å². The van der Waals surface area contributed by atoms with Gasteiger partial charge in [0.1, 0.15) is 5.76 Å². The topological polar surface area (TPSA) is 106 Å². The van der Waals surface area contributed by atoms with E-state index in [1.54, 1.807) is 0 Å². The summed E-state index contributed by atoms with van der Waals surface area (Å²) in [6.07, 6.45) is 0.688. The molecule has 0 saturated heterocycles. The Kier molecular flexibility index (Phi) is 5.33. The van der Waals surface area contributed by atoms with Crippen molar-refractivity contribution in [3.8, 4) is 0 Å². The van der Waals surface area contributed by atoms with Gasteiger partial charge in [0.2, 0.25) is 11.7 Å². The molecule has 0 bridgehead atoms. The molecule has 1 heterocycles. The fraction of sp³-hybridized carbons (Fsp3) is 0.571. The van der Waals surface area contributed by atoms with Gasteiger partial charge in [-0.3, -0.25) is 4.79 Å². The molecule has 0 fully saturated rings. The van der Waals surface area contributed by atoms with Crippen molar-refractivity contribution in [1.82, 2.24) is 5.32 Å². The summed E-state index contributed by atoms with van der Waals surface area (Å²) >= 11 is 0. The van der Waals surface area contributed by atoms with Gasteiger partial charge in [-0.15, -0.1) is 0 Å². The summed E-state index contributed by atoms with van der Waals surface area (Å²) in [4.78, 5) is 22.7. The number of carbonyl (C=O) groups is 2. The third kappa shape index (κ3) is 5.05. The Balaban J connectivity index is 2.54. The second-order valence-electron chi connectivity index (χ2n) is 5.99. The monoisotopic (exact) mass is 282 g/mol. The Labute approximate surface area is 118 Å². The molecule has 0 radical (unpaired) electrons. The molecule has 0 aliphatic rings. The number of carbonyl (C=O) groups excluding carboxylic acids is 1. The highest BCUT2D eigenvalue weighted by molar-refractivity contribution is 5.84. The van der Waals surface area contributed by atoms with Crippen molar-refractivity contribution in [2.24, 2.45) is 17.1 Å². The summed E-state index contributed by atoms with van der Waals surface area (Å²) in [5.41, 5.74) is 5.65. The molecule has 1 unspecified atom stereocenters. The van der Waals surface area contributed by atoms with E-state index in [0.29, 0.717) is 12.2 Å². The molecule has 0 saturated carbocycles. The molecule has 1 aromatic heterocycles. The number of carboxylic acids is 1. The summed E-state index contributed by atoms with van der Waals surface area (Å²) in [5.74, 6) is -1.27. The lowest BCUT2D eigenvalue weighted by Crippen LogP contribution is -2.36. The zero-order valence-electron chi connectivity index (χ0n) is 12.1. The molecule has 6 heteroatoms. The van der Waals surface area contributed by atoms with Gasteiger partial charge in [-0.25, -0.2) is 4.79 Å². The van der Waals surface area contributed by atoms with E-state index in [1.807, 2.05) is 0 Å². The molecule has 20 heavy (non-hydrogen) atoms. The molecule has 1 amide bonds. The van der Waals surface area contributed by atoms with Gasteiger partial charge in [-0.05, 0) is 24.0 Å². The number of nitrogens with two attached hydrogens (primary N) is 1. The minimum atomic E-state index is -1.13. The number of hydrogen-bond donors (Lipinski definition) is 3. The van der Waals surface area contributed by atoms with E-state index in [0.717, 1.165) is 0 Å². The number of nitrogens with one attached hydrogen (secondary N) is 1. The average Bonchev–Trinajstić information content (AvgIpc) is 2.80. The van der Waals surface area contributed by atoms with E-state index in [1.165, 1.54) is 12.1 Å². The molecule has 1 aromatic rings. The Morgan fingerprint density at radius 3 is 2.50 bits per heavy atom.